The summed E-state index contributed by atoms with van der Waals surface area (Å²) < 4.78 is 7.34. The van der Waals surface area contributed by atoms with Crippen molar-refractivity contribution in [3.63, 3.8) is 0 Å². The van der Waals surface area contributed by atoms with Gasteiger partial charge in [0.05, 0.1) is 38.0 Å². The van der Waals surface area contributed by atoms with Crippen LogP contribution in [0.2, 0.25) is 0 Å². The number of likely N-dealkylation sites (tertiary alicyclic amines) is 1. The van der Waals surface area contributed by atoms with Gasteiger partial charge in [-0.3, -0.25) is 14.4 Å². The SMILES string of the molecule is Cc1cnn(C[C@H]2CCCN2C(=O)[C@H](C)N2CCOCC2)c1. The van der Waals surface area contributed by atoms with Gasteiger partial charge in [-0.05, 0) is 32.3 Å². The van der Waals surface area contributed by atoms with Crippen molar-refractivity contribution in [1.29, 1.82) is 0 Å². The molecule has 2 aliphatic rings. The molecule has 0 N–H and O–H groups in total. The molecule has 3 heterocycles. The molecule has 2 aliphatic heterocycles. The monoisotopic (exact) mass is 306 g/mol. The molecule has 2 fully saturated rings. The smallest absolute Gasteiger partial charge is 0.239 e. The van der Waals surface area contributed by atoms with Crippen LogP contribution in [0.5, 0.6) is 0 Å². The number of aromatic nitrogens is 2. The van der Waals surface area contributed by atoms with Crippen LogP contribution < -0.4 is 0 Å². The molecule has 2 atom stereocenters. The molecule has 6 nitrogen and oxygen atoms in total. The van der Waals surface area contributed by atoms with Crippen molar-refractivity contribution < 1.29 is 9.53 Å². The number of nitrogens with zero attached hydrogens (tertiary/aromatic N) is 4. The Bertz CT molecular complexity index is 510. The number of aryl methyl sites for hydroxylation is 1. The number of rotatable bonds is 4. The van der Waals surface area contributed by atoms with Crippen molar-refractivity contribution in [3.8, 4) is 0 Å². The van der Waals surface area contributed by atoms with Crippen molar-refractivity contribution in [2.24, 2.45) is 0 Å². The Morgan fingerprint density at radius 2 is 2.18 bits per heavy atom. The van der Waals surface area contributed by atoms with Crippen molar-refractivity contribution in [2.75, 3.05) is 32.8 Å². The lowest BCUT2D eigenvalue weighted by atomic mass is 10.2. The number of hydrogen-bond donors (Lipinski definition) is 0. The first kappa shape index (κ1) is 15.5. The fraction of sp³-hybridized carbons (Fsp3) is 0.750. The minimum atomic E-state index is -0.0520. The molecule has 0 aromatic carbocycles. The molecule has 2 saturated heterocycles. The molecule has 3 rings (SSSR count). The van der Waals surface area contributed by atoms with Gasteiger partial charge in [-0.15, -0.1) is 0 Å². The Balaban J connectivity index is 1.62. The summed E-state index contributed by atoms with van der Waals surface area (Å²) in [4.78, 5) is 17.2. The molecular weight excluding hydrogens is 280 g/mol. The molecule has 0 aliphatic carbocycles. The molecule has 0 saturated carbocycles. The van der Waals surface area contributed by atoms with E-state index in [4.69, 9.17) is 4.74 Å². The van der Waals surface area contributed by atoms with E-state index in [1.807, 2.05) is 30.9 Å². The fourth-order valence-electron chi connectivity index (χ4n) is 3.46. The molecule has 0 unspecified atom stereocenters. The normalized spacial score (nSPS) is 24.6. The Kier molecular flexibility index (Phi) is 4.78. The Morgan fingerprint density at radius 1 is 1.41 bits per heavy atom. The second-order valence-corrected chi connectivity index (χ2v) is 6.39. The van der Waals surface area contributed by atoms with Crippen LogP contribution in [0.25, 0.3) is 0 Å². The van der Waals surface area contributed by atoms with E-state index < -0.39 is 0 Å². The van der Waals surface area contributed by atoms with Crippen LogP contribution in [0.3, 0.4) is 0 Å². The summed E-state index contributed by atoms with van der Waals surface area (Å²) in [6.07, 6.45) is 6.08. The molecule has 1 aromatic heterocycles. The largest absolute Gasteiger partial charge is 0.379 e. The first-order chi connectivity index (χ1) is 10.6. The maximum absolute atomic E-state index is 12.9. The van der Waals surface area contributed by atoms with Gasteiger partial charge in [0.25, 0.3) is 0 Å². The van der Waals surface area contributed by atoms with E-state index in [2.05, 4.69) is 14.9 Å². The third kappa shape index (κ3) is 3.33. The highest BCUT2D eigenvalue weighted by molar-refractivity contribution is 5.82. The van der Waals surface area contributed by atoms with Crippen LogP contribution in [0, 0.1) is 6.92 Å². The van der Waals surface area contributed by atoms with E-state index in [1.54, 1.807) is 0 Å². The topological polar surface area (TPSA) is 50.6 Å². The third-order valence-electron chi connectivity index (χ3n) is 4.77. The van der Waals surface area contributed by atoms with Crippen molar-refractivity contribution in [2.45, 2.75) is 45.3 Å². The quantitative estimate of drug-likeness (QED) is 0.829. The van der Waals surface area contributed by atoms with Gasteiger partial charge < -0.3 is 9.64 Å². The number of amides is 1. The molecular formula is C16H26N4O2. The van der Waals surface area contributed by atoms with Gasteiger partial charge in [-0.1, -0.05) is 0 Å². The molecule has 0 spiro atoms. The molecule has 1 aromatic rings. The summed E-state index contributed by atoms with van der Waals surface area (Å²) in [6, 6.07) is 0.221. The third-order valence-corrected chi connectivity index (χ3v) is 4.77. The molecule has 122 valence electrons. The highest BCUT2D eigenvalue weighted by Gasteiger charge is 2.34. The zero-order chi connectivity index (χ0) is 15.5. The van der Waals surface area contributed by atoms with Gasteiger partial charge in [0.2, 0.25) is 5.91 Å². The van der Waals surface area contributed by atoms with E-state index in [0.29, 0.717) is 0 Å². The summed E-state index contributed by atoms with van der Waals surface area (Å²) in [5.74, 6) is 0.258. The Morgan fingerprint density at radius 3 is 2.86 bits per heavy atom. The highest BCUT2D eigenvalue weighted by Crippen LogP contribution is 2.21. The summed E-state index contributed by atoms with van der Waals surface area (Å²) in [5.41, 5.74) is 1.16. The fourth-order valence-corrected chi connectivity index (χ4v) is 3.46. The zero-order valence-corrected chi connectivity index (χ0v) is 13.6. The first-order valence-electron chi connectivity index (χ1n) is 8.26. The van der Waals surface area contributed by atoms with Crippen molar-refractivity contribution in [3.05, 3.63) is 18.0 Å². The van der Waals surface area contributed by atoms with Crippen LogP contribution in [-0.2, 0) is 16.1 Å². The average molecular weight is 306 g/mol. The second kappa shape index (κ2) is 6.79. The van der Waals surface area contributed by atoms with Gasteiger partial charge in [-0.2, -0.15) is 5.10 Å². The van der Waals surface area contributed by atoms with E-state index in [1.165, 1.54) is 0 Å². The van der Waals surface area contributed by atoms with Crippen LogP contribution >= 0.6 is 0 Å². The molecule has 0 bridgehead atoms. The highest BCUT2D eigenvalue weighted by atomic mass is 16.5. The van der Waals surface area contributed by atoms with Gasteiger partial charge >= 0.3 is 0 Å². The average Bonchev–Trinajstić information content (AvgIpc) is 3.16. The van der Waals surface area contributed by atoms with Gasteiger partial charge in [0.1, 0.15) is 0 Å². The zero-order valence-electron chi connectivity index (χ0n) is 13.6. The van der Waals surface area contributed by atoms with E-state index in [0.717, 1.165) is 57.8 Å². The summed E-state index contributed by atoms with van der Waals surface area (Å²) >= 11 is 0. The maximum Gasteiger partial charge on any atom is 0.239 e. The van der Waals surface area contributed by atoms with E-state index in [9.17, 15) is 4.79 Å². The lowest BCUT2D eigenvalue weighted by Crippen LogP contribution is -2.52. The van der Waals surface area contributed by atoms with Gasteiger partial charge in [0.15, 0.2) is 0 Å². The summed E-state index contributed by atoms with van der Waals surface area (Å²) in [7, 11) is 0. The summed E-state index contributed by atoms with van der Waals surface area (Å²) in [6.45, 7) is 8.91. The van der Waals surface area contributed by atoms with Crippen LogP contribution in [-0.4, -0.2) is 70.4 Å². The van der Waals surface area contributed by atoms with Crippen LogP contribution in [0.1, 0.15) is 25.3 Å². The predicted molar refractivity (Wildman–Crippen MR) is 83.6 cm³/mol. The second-order valence-electron chi connectivity index (χ2n) is 6.39. The minimum Gasteiger partial charge on any atom is -0.379 e. The number of morpholine rings is 1. The number of carbonyl (C=O) groups excluding carboxylic acids is 1. The standard InChI is InChI=1S/C16H26N4O2/c1-13-10-17-19(11-13)12-15-4-3-5-20(15)16(21)14(2)18-6-8-22-9-7-18/h10-11,14-15H,3-9,12H2,1-2H3/t14-,15+/m0/s1. The number of carbonyl (C=O) groups is 1. The molecule has 6 heteroatoms. The lowest BCUT2D eigenvalue weighted by Gasteiger charge is -2.35. The molecule has 1 amide bonds. The molecule has 22 heavy (non-hydrogen) atoms. The van der Waals surface area contributed by atoms with E-state index in [-0.39, 0.29) is 18.0 Å². The van der Waals surface area contributed by atoms with Gasteiger partial charge in [-0.25, -0.2) is 0 Å². The minimum absolute atomic E-state index is 0.0520. The van der Waals surface area contributed by atoms with Gasteiger partial charge in [0, 0.05) is 25.8 Å². The maximum atomic E-state index is 12.9. The predicted octanol–water partition coefficient (Wildman–Crippen LogP) is 0.903. The van der Waals surface area contributed by atoms with Crippen LogP contribution in [0.4, 0.5) is 0 Å². The Labute approximate surface area is 132 Å². The van der Waals surface area contributed by atoms with Crippen LogP contribution in [0.15, 0.2) is 12.4 Å². The first-order valence-corrected chi connectivity index (χ1v) is 8.26. The number of hydrogen-bond acceptors (Lipinski definition) is 4. The summed E-state index contributed by atoms with van der Waals surface area (Å²) in [5, 5.41) is 4.36. The van der Waals surface area contributed by atoms with Crippen molar-refractivity contribution >= 4 is 5.91 Å². The van der Waals surface area contributed by atoms with Crippen molar-refractivity contribution in [1.82, 2.24) is 19.6 Å². The molecule has 0 radical (unpaired) electrons. The lowest BCUT2D eigenvalue weighted by molar-refractivity contribution is -0.139. The Hall–Kier alpha value is -1.40. The number of ether oxygens (including phenoxy) is 1. The van der Waals surface area contributed by atoms with E-state index >= 15 is 0 Å².